The van der Waals surface area contributed by atoms with E-state index in [9.17, 15) is 4.79 Å². The highest BCUT2D eigenvalue weighted by Gasteiger charge is 2.15. The van der Waals surface area contributed by atoms with Gasteiger partial charge in [-0.3, -0.25) is 4.79 Å². The average molecular weight is 346 g/mol. The van der Waals surface area contributed by atoms with Crippen molar-refractivity contribution in [2.45, 2.75) is 0 Å². The quantitative estimate of drug-likeness (QED) is 0.689. The molecule has 5 heteroatoms. The lowest BCUT2D eigenvalue weighted by Gasteiger charge is -2.12. The zero-order valence-electron chi connectivity index (χ0n) is 12.3. The smallest absolute Gasteiger partial charge is 0.259 e. The van der Waals surface area contributed by atoms with Crippen LogP contribution in [-0.4, -0.2) is 13.0 Å². The molecule has 23 heavy (non-hydrogen) atoms. The van der Waals surface area contributed by atoms with Gasteiger partial charge in [0.05, 0.1) is 23.4 Å². The molecule has 0 spiro atoms. The highest BCUT2D eigenvalue weighted by molar-refractivity contribution is 6.36. The molecule has 3 rings (SSSR count). The van der Waals surface area contributed by atoms with E-state index in [1.165, 1.54) is 7.11 Å². The number of carbonyl (C=O) groups excluding carboxylic acids is 1. The predicted molar refractivity (Wildman–Crippen MR) is 94.9 cm³/mol. The van der Waals surface area contributed by atoms with Crippen molar-refractivity contribution in [3.8, 4) is 5.75 Å². The third-order valence-corrected chi connectivity index (χ3v) is 4.04. The number of anilines is 1. The molecular weight excluding hydrogens is 333 g/mol. The van der Waals surface area contributed by atoms with Gasteiger partial charge in [0.25, 0.3) is 5.91 Å². The van der Waals surface area contributed by atoms with Gasteiger partial charge in [0.2, 0.25) is 0 Å². The molecule has 0 atom stereocenters. The van der Waals surface area contributed by atoms with Crippen molar-refractivity contribution in [1.82, 2.24) is 0 Å². The lowest BCUT2D eigenvalue weighted by Crippen LogP contribution is -2.13. The number of methoxy groups -OCH3 is 1. The molecule has 0 aliphatic heterocycles. The van der Waals surface area contributed by atoms with Crippen LogP contribution in [-0.2, 0) is 0 Å². The number of halogens is 2. The summed E-state index contributed by atoms with van der Waals surface area (Å²) in [4.78, 5) is 12.6. The van der Waals surface area contributed by atoms with E-state index in [0.717, 1.165) is 10.8 Å². The minimum atomic E-state index is -0.295. The summed E-state index contributed by atoms with van der Waals surface area (Å²) in [6.45, 7) is 0. The molecule has 0 saturated heterocycles. The van der Waals surface area contributed by atoms with Crippen molar-refractivity contribution in [3.05, 3.63) is 70.2 Å². The van der Waals surface area contributed by atoms with Gasteiger partial charge in [-0.05, 0) is 41.1 Å². The first-order valence-electron chi connectivity index (χ1n) is 6.91. The molecule has 0 fully saturated rings. The van der Waals surface area contributed by atoms with Crippen molar-refractivity contribution in [2.24, 2.45) is 0 Å². The average Bonchev–Trinajstić information content (AvgIpc) is 2.56. The number of nitrogens with one attached hydrogen (secondary N) is 1. The maximum atomic E-state index is 12.6. The number of hydrogen-bond donors (Lipinski definition) is 1. The van der Waals surface area contributed by atoms with Gasteiger partial charge in [0.1, 0.15) is 5.75 Å². The van der Waals surface area contributed by atoms with E-state index >= 15 is 0 Å². The van der Waals surface area contributed by atoms with Gasteiger partial charge in [0, 0.05) is 5.02 Å². The third-order valence-electron chi connectivity index (χ3n) is 3.49. The first-order chi connectivity index (χ1) is 11.1. The predicted octanol–water partition coefficient (Wildman–Crippen LogP) is 5.41. The summed E-state index contributed by atoms with van der Waals surface area (Å²) < 4.78 is 5.35. The third kappa shape index (κ3) is 3.26. The largest absolute Gasteiger partial charge is 0.496 e. The van der Waals surface area contributed by atoms with Crippen LogP contribution in [0.4, 0.5) is 5.69 Å². The highest BCUT2D eigenvalue weighted by Crippen LogP contribution is 2.29. The fraction of sp³-hybridized carbons (Fsp3) is 0.0556. The summed E-state index contributed by atoms with van der Waals surface area (Å²) in [6.07, 6.45) is 0. The monoisotopic (exact) mass is 345 g/mol. The Morgan fingerprint density at radius 3 is 2.35 bits per heavy atom. The molecule has 3 nitrogen and oxygen atoms in total. The highest BCUT2D eigenvalue weighted by atomic mass is 35.5. The van der Waals surface area contributed by atoms with Gasteiger partial charge < -0.3 is 10.1 Å². The van der Waals surface area contributed by atoms with Crippen LogP contribution in [0.15, 0.2) is 54.6 Å². The lowest BCUT2D eigenvalue weighted by molar-refractivity contribution is 0.102. The first kappa shape index (κ1) is 15.7. The fourth-order valence-electron chi connectivity index (χ4n) is 2.35. The number of carbonyl (C=O) groups is 1. The van der Waals surface area contributed by atoms with Crippen LogP contribution in [0.2, 0.25) is 10.0 Å². The summed E-state index contributed by atoms with van der Waals surface area (Å²) >= 11 is 12.0. The molecule has 0 heterocycles. The minimum Gasteiger partial charge on any atom is -0.496 e. The number of amides is 1. The van der Waals surface area contributed by atoms with Gasteiger partial charge >= 0.3 is 0 Å². The Hall–Kier alpha value is -2.23. The SMILES string of the molecule is COc1cc2ccccc2cc1C(=O)Nc1ccc(Cl)cc1Cl. The number of rotatable bonds is 3. The van der Waals surface area contributed by atoms with Crippen LogP contribution < -0.4 is 10.1 Å². The number of hydrogen-bond acceptors (Lipinski definition) is 2. The Labute approximate surface area is 143 Å². The van der Waals surface area contributed by atoms with Crippen LogP contribution >= 0.6 is 23.2 Å². The van der Waals surface area contributed by atoms with Crippen molar-refractivity contribution >= 4 is 45.6 Å². The molecule has 0 saturated carbocycles. The van der Waals surface area contributed by atoms with Crippen LogP contribution in [0.5, 0.6) is 5.75 Å². The molecule has 3 aromatic rings. The molecule has 1 N–H and O–H groups in total. The topological polar surface area (TPSA) is 38.3 Å². The Morgan fingerprint density at radius 1 is 1.00 bits per heavy atom. The van der Waals surface area contributed by atoms with E-state index in [2.05, 4.69) is 5.32 Å². The lowest BCUT2D eigenvalue weighted by atomic mass is 10.1. The first-order valence-corrected chi connectivity index (χ1v) is 7.67. The zero-order valence-corrected chi connectivity index (χ0v) is 13.8. The van der Waals surface area contributed by atoms with Gasteiger partial charge in [-0.25, -0.2) is 0 Å². The van der Waals surface area contributed by atoms with Crippen LogP contribution in [0, 0.1) is 0 Å². The van der Waals surface area contributed by atoms with E-state index < -0.39 is 0 Å². The molecule has 1 amide bonds. The number of benzene rings is 3. The van der Waals surface area contributed by atoms with Gasteiger partial charge in [-0.15, -0.1) is 0 Å². The van der Waals surface area contributed by atoms with Crippen LogP contribution in [0.3, 0.4) is 0 Å². The molecule has 0 aliphatic rings. The molecular formula is C18H13Cl2NO2. The van der Waals surface area contributed by atoms with Crippen molar-refractivity contribution in [2.75, 3.05) is 12.4 Å². The second-order valence-electron chi connectivity index (χ2n) is 4.98. The Morgan fingerprint density at radius 2 is 1.70 bits per heavy atom. The summed E-state index contributed by atoms with van der Waals surface area (Å²) in [5.41, 5.74) is 0.938. The van der Waals surface area contributed by atoms with E-state index in [0.29, 0.717) is 27.0 Å². The van der Waals surface area contributed by atoms with Gasteiger partial charge in [0.15, 0.2) is 0 Å². The van der Waals surface area contributed by atoms with E-state index in [1.807, 2.05) is 30.3 Å². The zero-order chi connectivity index (χ0) is 16.4. The van der Waals surface area contributed by atoms with Crippen molar-refractivity contribution in [1.29, 1.82) is 0 Å². The summed E-state index contributed by atoms with van der Waals surface area (Å²) in [6, 6.07) is 16.3. The maximum absolute atomic E-state index is 12.6. The molecule has 0 bridgehead atoms. The normalized spacial score (nSPS) is 10.6. The number of fused-ring (bicyclic) bond motifs is 1. The van der Waals surface area contributed by atoms with E-state index in [1.54, 1.807) is 24.3 Å². The molecule has 116 valence electrons. The van der Waals surface area contributed by atoms with E-state index in [4.69, 9.17) is 27.9 Å². The van der Waals surface area contributed by atoms with Gasteiger partial charge in [-0.1, -0.05) is 47.5 Å². The van der Waals surface area contributed by atoms with Crippen molar-refractivity contribution in [3.63, 3.8) is 0 Å². The Balaban J connectivity index is 1.99. The van der Waals surface area contributed by atoms with Crippen molar-refractivity contribution < 1.29 is 9.53 Å². The molecule has 3 aromatic carbocycles. The van der Waals surface area contributed by atoms with Crippen LogP contribution in [0.25, 0.3) is 10.8 Å². The summed E-state index contributed by atoms with van der Waals surface area (Å²) in [5, 5.41) is 5.64. The number of ether oxygens (including phenoxy) is 1. The summed E-state index contributed by atoms with van der Waals surface area (Å²) in [5.74, 6) is 0.211. The Kier molecular flexibility index (Phi) is 4.42. The van der Waals surface area contributed by atoms with Gasteiger partial charge in [-0.2, -0.15) is 0 Å². The molecule has 0 unspecified atom stereocenters. The second kappa shape index (κ2) is 6.49. The fourth-order valence-corrected chi connectivity index (χ4v) is 2.80. The summed E-state index contributed by atoms with van der Waals surface area (Å²) in [7, 11) is 1.54. The minimum absolute atomic E-state index is 0.295. The second-order valence-corrected chi connectivity index (χ2v) is 5.82. The Bertz CT molecular complexity index is 893. The standard InChI is InChI=1S/C18H13Cl2NO2/c1-23-17-9-12-5-3-2-4-11(12)8-14(17)18(22)21-16-7-6-13(19)10-15(16)20/h2-10H,1H3,(H,21,22). The van der Waals surface area contributed by atoms with Crippen LogP contribution in [0.1, 0.15) is 10.4 Å². The molecule has 0 aromatic heterocycles. The molecule has 0 aliphatic carbocycles. The van der Waals surface area contributed by atoms with E-state index in [-0.39, 0.29) is 5.91 Å². The maximum Gasteiger partial charge on any atom is 0.259 e. The molecule has 0 radical (unpaired) electrons.